The summed E-state index contributed by atoms with van der Waals surface area (Å²) in [6.07, 6.45) is 1.53. The fraction of sp³-hybridized carbons (Fsp3) is 0.429. The van der Waals surface area contributed by atoms with E-state index in [2.05, 4.69) is 10.6 Å². The fourth-order valence-electron chi connectivity index (χ4n) is 2.19. The SMILES string of the molecule is Cc1ccc(F)c(C(=O)NC2CCNC(=O)CC2)c1Cl. The molecule has 2 rings (SSSR count). The van der Waals surface area contributed by atoms with E-state index in [0.29, 0.717) is 31.4 Å². The van der Waals surface area contributed by atoms with E-state index in [0.717, 1.165) is 0 Å². The number of carbonyl (C=O) groups is 2. The first-order valence-corrected chi connectivity index (χ1v) is 6.89. The van der Waals surface area contributed by atoms with Crippen LogP contribution >= 0.6 is 11.6 Å². The highest BCUT2D eigenvalue weighted by molar-refractivity contribution is 6.34. The molecule has 1 atom stereocenters. The molecule has 1 heterocycles. The maximum absolute atomic E-state index is 13.8. The number of nitrogens with one attached hydrogen (secondary N) is 2. The molecule has 20 heavy (non-hydrogen) atoms. The van der Waals surface area contributed by atoms with Gasteiger partial charge in [0.25, 0.3) is 5.91 Å². The zero-order valence-corrected chi connectivity index (χ0v) is 11.9. The molecule has 1 saturated heterocycles. The van der Waals surface area contributed by atoms with Crippen molar-refractivity contribution >= 4 is 23.4 Å². The van der Waals surface area contributed by atoms with Crippen LogP contribution in [0, 0.1) is 12.7 Å². The Morgan fingerprint density at radius 2 is 2.20 bits per heavy atom. The molecular formula is C14H16ClFN2O2. The summed E-state index contributed by atoms with van der Waals surface area (Å²) in [5.41, 5.74) is 0.520. The molecule has 2 amide bonds. The van der Waals surface area contributed by atoms with Crippen molar-refractivity contribution in [3.05, 3.63) is 34.1 Å². The van der Waals surface area contributed by atoms with Gasteiger partial charge in [0.15, 0.2) is 0 Å². The van der Waals surface area contributed by atoms with Gasteiger partial charge in [-0.05, 0) is 31.4 Å². The molecule has 1 aromatic rings. The predicted octanol–water partition coefficient (Wildman–Crippen LogP) is 2.19. The second kappa shape index (κ2) is 6.22. The average molecular weight is 299 g/mol. The molecular weight excluding hydrogens is 283 g/mol. The molecule has 0 saturated carbocycles. The van der Waals surface area contributed by atoms with Crippen molar-refractivity contribution in [1.82, 2.24) is 10.6 Å². The third-order valence-corrected chi connectivity index (χ3v) is 3.87. The molecule has 0 aromatic heterocycles. The molecule has 0 spiro atoms. The second-order valence-corrected chi connectivity index (χ2v) is 5.28. The van der Waals surface area contributed by atoms with Gasteiger partial charge >= 0.3 is 0 Å². The van der Waals surface area contributed by atoms with Crippen LogP contribution in [0.1, 0.15) is 35.2 Å². The molecule has 108 valence electrons. The minimum atomic E-state index is -0.638. The normalized spacial score (nSPS) is 19.1. The molecule has 2 N–H and O–H groups in total. The lowest BCUT2D eigenvalue weighted by Gasteiger charge is -2.16. The predicted molar refractivity (Wildman–Crippen MR) is 74.3 cm³/mol. The summed E-state index contributed by atoms with van der Waals surface area (Å²) in [6, 6.07) is 2.61. The van der Waals surface area contributed by atoms with Gasteiger partial charge in [0.1, 0.15) is 5.82 Å². The van der Waals surface area contributed by atoms with Gasteiger partial charge in [-0.1, -0.05) is 17.7 Å². The van der Waals surface area contributed by atoms with Gasteiger partial charge in [-0.3, -0.25) is 9.59 Å². The van der Waals surface area contributed by atoms with Crippen LogP contribution in [0.3, 0.4) is 0 Å². The van der Waals surface area contributed by atoms with Crippen LogP contribution < -0.4 is 10.6 Å². The van der Waals surface area contributed by atoms with Crippen molar-refractivity contribution in [2.24, 2.45) is 0 Å². The molecule has 1 fully saturated rings. The summed E-state index contributed by atoms with van der Waals surface area (Å²) < 4.78 is 13.8. The van der Waals surface area contributed by atoms with Crippen molar-refractivity contribution < 1.29 is 14.0 Å². The van der Waals surface area contributed by atoms with Crippen LogP contribution in [0.25, 0.3) is 0 Å². The highest BCUT2D eigenvalue weighted by atomic mass is 35.5. The fourth-order valence-corrected chi connectivity index (χ4v) is 2.43. The van der Waals surface area contributed by atoms with Gasteiger partial charge in [0.2, 0.25) is 5.91 Å². The van der Waals surface area contributed by atoms with E-state index >= 15 is 0 Å². The Kier molecular flexibility index (Phi) is 4.60. The van der Waals surface area contributed by atoms with E-state index in [9.17, 15) is 14.0 Å². The summed E-state index contributed by atoms with van der Waals surface area (Å²) in [6.45, 7) is 2.22. The van der Waals surface area contributed by atoms with Gasteiger partial charge in [0, 0.05) is 19.0 Å². The smallest absolute Gasteiger partial charge is 0.256 e. The van der Waals surface area contributed by atoms with E-state index < -0.39 is 11.7 Å². The topological polar surface area (TPSA) is 58.2 Å². The summed E-state index contributed by atoms with van der Waals surface area (Å²) >= 11 is 6.00. The lowest BCUT2D eigenvalue weighted by molar-refractivity contribution is -0.120. The number of aryl methyl sites for hydroxylation is 1. The Morgan fingerprint density at radius 1 is 1.45 bits per heavy atom. The summed E-state index contributed by atoms with van der Waals surface area (Å²) in [7, 11) is 0. The molecule has 1 aliphatic heterocycles. The first-order chi connectivity index (χ1) is 9.49. The maximum Gasteiger partial charge on any atom is 0.256 e. The summed E-state index contributed by atoms with van der Waals surface area (Å²) in [4.78, 5) is 23.4. The van der Waals surface area contributed by atoms with E-state index in [-0.39, 0.29) is 22.5 Å². The van der Waals surface area contributed by atoms with Crippen molar-refractivity contribution in [3.63, 3.8) is 0 Å². The quantitative estimate of drug-likeness (QED) is 0.879. The van der Waals surface area contributed by atoms with Crippen molar-refractivity contribution in [2.75, 3.05) is 6.54 Å². The first-order valence-electron chi connectivity index (χ1n) is 6.51. The van der Waals surface area contributed by atoms with Crippen LogP contribution in [0.2, 0.25) is 5.02 Å². The van der Waals surface area contributed by atoms with E-state index in [4.69, 9.17) is 11.6 Å². The highest BCUT2D eigenvalue weighted by Gasteiger charge is 2.22. The van der Waals surface area contributed by atoms with Crippen molar-refractivity contribution in [2.45, 2.75) is 32.2 Å². The van der Waals surface area contributed by atoms with Crippen LogP contribution in [0.5, 0.6) is 0 Å². The summed E-state index contributed by atoms with van der Waals surface area (Å²) in [5, 5.41) is 5.61. The first kappa shape index (κ1) is 14.8. The van der Waals surface area contributed by atoms with Crippen LogP contribution in [-0.4, -0.2) is 24.4 Å². The highest BCUT2D eigenvalue weighted by Crippen LogP contribution is 2.23. The van der Waals surface area contributed by atoms with Gasteiger partial charge in [-0.25, -0.2) is 4.39 Å². The Balaban J connectivity index is 2.12. The van der Waals surface area contributed by atoms with Crippen molar-refractivity contribution in [3.8, 4) is 0 Å². The Labute approximate surface area is 121 Å². The molecule has 0 bridgehead atoms. The number of amides is 2. The third-order valence-electron chi connectivity index (χ3n) is 3.38. The van der Waals surface area contributed by atoms with Gasteiger partial charge in [-0.2, -0.15) is 0 Å². The molecule has 0 aliphatic carbocycles. The van der Waals surface area contributed by atoms with E-state index in [1.807, 2.05) is 0 Å². The van der Waals surface area contributed by atoms with Gasteiger partial charge in [0.05, 0.1) is 10.6 Å². The summed E-state index contributed by atoms with van der Waals surface area (Å²) in [5.74, 6) is -1.20. The number of carbonyl (C=O) groups excluding carboxylic acids is 2. The standard InChI is InChI=1S/C14H16ClFN2O2/c1-8-2-4-10(16)12(13(8)15)14(20)18-9-3-5-11(19)17-7-6-9/h2,4,9H,3,5-7H2,1H3,(H,17,19)(H,18,20). The van der Waals surface area contributed by atoms with Gasteiger partial charge < -0.3 is 10.6 Å². The number of hydrogen-bond acceptors (Lipinski definition) is 2. The zero-order valence-electron chi connectivity index (χ0n) is 11.1. The molecule has 1 unspecified atom stereocenters. The monoisotopic (exact) mass is 298 g/mol. The largest absolute Gasteiger partial charge is 0.356 e. The zero-order chi connectivity index (χ0) is 14.7. The second-order valence-electron chi connectivity index (χ2n) is 4.90. The van der Waals surface area contributed by atoms with Gasteiger partial charge in [-0.15, -0.1) is 0 Å². The van der Waals surface area contributed by atoms with Crippen LogP contribution in [0.4, 0.5) is 4.39 Å². The van der Waals surface area contributed by atoms with Crippen molar-refractivity contribution in [1.29, 1.82) is 0 Å². The molecule has 6 heteroatoms. The third kappa shape index (κ3) is 3.28. The van der Waals surface area contributed by atoms with E-state index in [1.54, 1.807) is 6.92 Å². The number of benzene rings is 1. The molecule has 1 aromatic carbocycles. The Morgan fingerprint density at radius 3 is 2.95 bits per heavy atom. The minimum Gasteiger partial charge on any atom is -0.356 e. The number of halogens is 2. The minimum absolute atomic E-state index is 0.0264. The number of hydrogen-bond donors (Lipinski definition) is 2. The molecule has 1 aliphatic rings. The maximum atomic E-state index is 13.8. The molecule has 4 nitrogen and oxygen atoms in total. The lowest BCUT2D eigenvalue weighted by Crippen LogP contribution is -2.36. The van der Waals surface area contributed by atoms with Crippen LogP contribution in [-0.2, 0) is 4.79 Å². The lowest BCUT2D eigenvalue weighted by atomic mass is 10.1. The van der Waals surface area contributed by atoms with Crippen LogP contribution in [0.15, 0.2) is 12.1 Å². The Hall–Kier alpha value is -1.62. The Bertz CT molecular complexity index is 548. The van der Waals surface area contributed by atoms with E-state index in [1.165, 1.54) is 12.1 Å². The molecule has 0 radical (unpaired) electrons. The average Bonchev–Trinajstić information content (AvgIpc) is 2.60. The number of rotatable bonds is 2.